The summed E-state index contributed by atoms with van der Waals surface area (Å²) < 4.78 is 13.5. The quantitative estimate of drug-likeness (QED) is 0.742. The van der Waals surface area contributed by atoms with E-state index in [-0.39, 0.29) is 5.60 Å². The van der Waals surface area contributed by atoms with Crippen LogP contribution >= 0.6 is 11.3 Å². The molecule has 3 aromatic heterocycles. The third-order valence-electron chi connectivity index (χ3n) is 5.39. The lowest BCUT2D eigenvalue weighted by Crippen LogP contribution is -2.31. The first-order valence-corrected chi connectivity index (χ1v) is 10.4. The van der Waals surface area contributed by atoms with Gasteiger partial charge in [-0.05, 0) is 39.2 Å². The first-order chi connectivity index (χ1) is 13.0. The van der Waals surface area contributed by atoms with E-state index in [1.54, 1.807) is 11.3 Å². The summed E-state index contributed by atoms with van der Waals surface area (Å²) in [6.07, 6.45) is 3.49. The van der Waals surface area contributed by atoms with Crippen LogP contribution in [0.3, 0.4) is 0 Å². The molecule has 2 aliphatic heterocycles. The zero-order chi connectivity index (χ0) is 18.6. The molecular weight excluding hydrogens is 362 g/mol. The maximum absolute atomic E-state index is 5.99. The van der Waals surface area contributed by atoms with Crippen LogP contribution in [0.2, 0.25) is 0 Å². The molecule has 1 unspecified atom stereocenters. The van der Waals surface area contributed by atoms with E-state index in [2.05, 4.69) is 19.2 Å². The Labute approximate surface area is 162 Å². The molecule has 5 heterocycles. The number of hydrogen-bond donors (Lipinski definition) is 1. The van der Waals surface area contributed by atoms with Crippen LogP contribution in [0.1, 0.15) is 48.8 Å². The second-order valence-corrected chi connectivity index (χ2v) is 9.18. The number of thiophene rings is 1. The fraction of sp³-hybridized carbons (Fsp3) is 0.632. The fourth-order valence-corrected chi connectivity index (χ4v) is 5.15. The summed E-state index contributed by atoms with van der Waals surface area (Å²) in [7, 11) is 0. The second-order valence-electron chi connectivity index (χ2n) is 8.10. The SMILES string of the molecule is Cc1nc2sc3c(c2c2nc(CNCC4CCCO4)nn12)CC(C)(C)OC3. The van der Waals surface area contributed by atoms with E-state index in [0.29, 0.717) is 19.3 Å². The highest BCUT2D eigenvalue weighted by molar-refractivity contribution is 7.19. The first kappa shape index (κ1) is 17.5. The predicted molar refractivity (Wildman–Crippen MR) is 104 cm³/mol. The molecule has 3 aromatic rings. The number of nitrogens with zero attached hydrogens (tertiary/aromatic N) is 4. The first-order valence-electron chi connectivity index (χ1n) is 9.63. The number of aromatic nitrogens is 4. The van der Waals surface area contributed by atoms with E-state index < -0.39 is 0 Å². The molecule has 5 rings (SSSR count). The molecule has 1 atom stereocenters. The maximum Gasteiger partial charge on any atom is 0.168 e. The molecule has 8 heteroatoms. The van der Waals surface area contributed by atoms with E-state index in [1.807, 2.05) is 11.4 Å². The molecule has 1 N–H and O–H groups in total. The van der Waals surface area contributed by atoms with Gasteiger partial charge in [-0.1, -0.05) is 0 Å². The van der Waals surface area contributed by atoms with E-state index in [1.165, 1.54) is 10.4 Å². The van der Waals surface area contributed by atoms with E-state index in [9.17, 15) is 0 Å². The summed E-state index contributed by atoms with van der Waals surface area (Å²) in [5.74, 6) is 1.67. The summed E-state index contributed by atoms with van der Waals surface area (Å²) in [6, 6.07) is 0. The maximum atomic E-state index is 5.99. The number of nitrogens with one attached hydrogen (secondary N) is 1. The Morgan fingerprint density at radius 2 is 2.22 bits per heavy atom. The molecule has 0 aromatic carbocycles. The van der Waals surface area contributed by atoms with Gasteiger partial charge in [-0.15, -0.1) is 16.4 Å². The highest BCUT2D eigenvalue weighted by atomic mass is 32.1. The van der Waals surface area contributed by atoms with Crippen molar-refractivity contribution in [3.05, 3.63) is 22.1 Å². The van der Waals surface area contributed by atoms with Crippen molar-refractivity contribution < 1.29 is 9.47 Å². The highest BCUT2D eigenvalue weighted by Gasteiger charge is 2.31. The average Bonchev–Trinajstić information content (AvgIpc) is 3.32. The summed E-state index contributed by atoms with van der Waals surface area (Å²) in [5.41, 5.74) is 2.09. The standard InChI is InChI=1S/C19H25N5O2S/c1-11-21-18-16(13-7-19(2,3)26-10-14(13)27-18)17-22-15(23-24(11)17)9-20-8-12-5-4-6-25-12/h12,20H,4-10H2,1-3H3. The summed E-state index contributed by atoms with van der Waals surface area (Å²) in [6.45, 7) is 9.30. The highest BCUT2D eigenvalue weighted by Crippen LogP contribution is 2.39. The molecule has 0 radical (unpaired) electrons. The van der Waals surface area contributed by atoms with Gasteiger partial charge in [0.1, 0.15) is 10.7 Å². The molecule has 1 saturated heterocycles. The van der Waals surface area contributed by atoms with E-state index in [0.717, 1.165) is 59.9 Å². The van der Waals surface area contributed by atoms with Crippen LogP contribution in [0.25, 0.3) is 15.9 Å². The minimum atomic E-state index is -0.158. The monoisotopic (exact) mass is 387 g/mol. The number of aryl methyl sites for hydroxylation is 1. The van der Waals surface area contributed by atoms with Gasteiger partial charge >= 0.3 is 0 Å². The minimum absolute atomic E-state index is 0.158. The number of fused-ring (bicyclic) bond motifs is 5. The van der Waals surface area contributed by atoms with Crippen molar-refractivity contribution in [2.45, 2.75) is 64.9 Å². The Morgan fingerprint density at radius 3 is 3.04 bits per heavy atom. The molecule has 0 amide bonds. The molecule has 144 valence electrons. The van der Waals surface area contributed by atoms with Crippen molar-refractivity contribution in [1.82, 2.24) is 24.9 Å². The van der Waals surface area contributed by atoms with Crippen molar-refractivity contribution >= 4 is 27.2 Å². The normalized spacial score (nSPS) is 22.0. The Hall–Kier alpha value is -1.61. The molecule has 0 aliphatic carbocycles. The number of rotatable bonds is 4. The average molecular weight is 388 g/mol. The van der Waals surface area contributed by atoms with Crippen molar-refractivity contribution in [3.8, 4) is 0 Å². The van der Waals surface area contributed by atoms with Gasteiger partial charge in [-0.2, -0.15) is 4.52 Å². The van der Waals surface area contributed by atoms with Crippen molar-refractivity contribution in [2.75, 3.05) is 13.2 Å². The smallest absolute Gasteiger partial charge is 0.168 e. The molecule has 1 fully saturated rings. The van der Waals surface area contributed by atoms with Gasteiger partial charge in [0.25, 0.3) is 0 Å². The van der Waals surface area contributed by atoms with Crippen LogP contribution in [0.15, 0.2) is 0 Å². The van der Waals surface area contributed by atoms with Crippen LogP contribution in [0.4, 0.5) is 0 Å². The number of hydrogen-bond acceptors (Lipinski definition) is 7. The lowest BCUT2D eigenvalue weighted by atomic mass is 9.94. The van der Waals surface area contributed by atoms with Gasteiger partial charge in [0.15, 0.2) is 11.5 Å². The van der Waals surface area contributed by atoms with Crippen LogP contribution in [0, 0.1) is 6.92 Å². The van der Waals surface area contributed by atoms with Gasteiger partial charge in [-0.25, -0.2) is 9.97 Å². The largest absolute Gasteiger partial charge is 0.377 e. The molecule has 0 saturated carbocycles. The van der Waals surface area contributed by atoms with Crippen molar-refractivity contribution in [3.63, 3.8) is 0 Å². The summed E-state index contributed by atoms with van der Waals surface area (Å²) in [5, 5.41) is 9.29. The van der Waals surface area contributed by atoms with Crippen LogP contribution in [-0.4, -0.2) is 44.4 Å². The topological polar surface area (TPSA) is 73.6 Å². The van der Waals surface area contributed by atoms with Crippen molar-refractivity contribution in [1.29, 1.82) is 0 Å². The van der Waals surface area contributed by atoms with Crippen LogP contribution in [0.5, 0.6) is 0 Å². The Kier molecular flexibility index (Phi) is 4.19. The van der Waals surface area contributed by atoms with Gasteiger partial charge in [0, 0.05) is 24.4 Å². The van der Waals surface area contributed by atoms with Crippen LogP contribution < -0.4 is 5.32 Å². The molecular formula is C19H25N5O2S. The lowest BCUT2D eigenvalue weighted by molar-refractivity contribution is -0.0379. The zero-order valence-electron chi connectivity index (χ0n) is 16.0. The Balaban J connectivity index is 1.50. The predicted octanol–water partition coefficient (Wildman–Crippen LogP) is 2.77. The fourth-order valence-electron chi connectivity index (χ4n) is 4.01. The van der Waals surface area contributed by atoms with E-state index >= 15 is 0 Å². The molecule has 0 bridgehead atoms. The third-order valence-corrected chi connectivity index (χ3v) is 6.49. The van der Waals surface area contributed by atoms with Gasteiger partial charge in [-0.3, -0.25) is 0 Å². The van der Waals surface area contributed by atoms with Crippen molar-refractivity contribution in [2.24, 2.45) is 0 Å². The van der Waals surface area contributed by atoms with Gasteiger partial charge in [0.2, 0.25) is 0 Å². The molecule has 7 nitrogen and oxygen atoms in total. The van der Waals surface area contributed by atoms with Gasteiger partial charge in [0.05, 0.1) is 30.2 Å². The van der Waals surface area contributed by atoms with Crippen LogP contribution in [-0.2, 0) is 29.0 Å². The van der Waals surface area contributed by atoms with Gasteiger partial charge < -0.3 is 14.8 Å². The third kappa shape index (κ3) is 3.14. The Morgan fingerprint density at radius 1 is 1.33 bits per heavy atom. The number of ether oxygens (including phenoxy) is 2. The summed E-state index contributed by atoms with van der Waals surface area (Å²) >= 11 is 1.72. The zero-order valence-corrected chi connectivity index (χ0v) is 16.9. The van der Waals surface area contributed by atoms with E-state index in [4.69, 9.17) is 24.5 Å². The molecule has 27 heavy (non-hydrogen) atoms. The lowest BCUT2D eigenvalue weighted by Gasteiger charge is -2.30. The molecule has 2 aliphatic rings. The minimum Gasteiger partial charge on any atom is -0.377 e. The molecule has 0 spiro atoms. The second kappa shape index (κ2) is 6.48. The summed E-state index contributed by atoms with van der Waals surface area (Å²) in [4.78, 5) is 12.0. The Bertz CT molecular complexity index is 1000.